The number of hydrogen-bond acceptors (Lipinski definition) is 4. The van der Waals surface area contributed by atoms with Crippen LogP contribution >= 0.6 is 0 Å². The van der Waals surface area contributed by atoms with E-state index in [1.807, 2.05) is 6.92 Å². The molecule has 2 aromatic rings. The van der Waals surface area contributed by atoms with Crippen LogP contribution in [0.25, 0.3) is 11.3 Å². The van der Waals surface area contributed by atoms with Crippen molar-refractivity contribution in [3.05, 3.63) is 35.5 Å². The van der Waals surface area contributed by atoms with Crippen LogP contribution in [-0.4, -0.2) is 31.5 Å². The van der Waals surface area contributed by atoms with Crippen LogP contribution in [0.1, 0.15) is 44.9 Å². The molecule has 1 aromatic heterocycles. The lowest BCUT2D eigenvalue weighted by Crippen LogP contribution is -2.26. The van der Waals surface area contributed by atoms with Gasteiger partial charge < -0.3 is 14.4 Å². The van der Waals surface area contributed by atoms with Crippen LogP contribution < -0.4 is 14.4 Å². The number of halogens is 3. The Hall–Kier alpha value is -2.44. The number of rotatable bonds is 9. The maximum absolute atomic E-state index is 12.5. The van der Waals surface area contributed by atoms with E-state index in [2.05, 4.69) is 36.5 Å². The van der Waals surface area contributed by atoms with Crippen molar-refractivity contribution in [1.29, 1.82) is 0 Å². The highest BCUT2D eigenvalue weighted by Gasteiger charge is 2.31. The summed E-state index contributed by atoms with van der Waals surface area (Å²) in [6, 6.07) is 6.20. The van der Waals surface area contributed by atoms with E-state index in [4.69, 9.17) is 9.72 Å². The largest absolute Gasteiger partial charge is 0.573 e. The standard InChI is InChI=1S/C22H29F3N2O2/c1-6-11-27(12-7-2)19-13-15(4)21(26-18(19)8-3)17-10-9-16(14-20(17)28-5)29-22(23,24)25/h9-10,13-14H,6-8,11-12H2,1-5H3. The Morgan fingerprint density at radius 3 is 2.21 bits per heavy atom. The van der Waals surface area contributed by atoms with E-state index in [0.717, 1.165) is 49.3 Å². The minimum atomic E-state index is -4.75. The number of alkyl halides is 3. The van der Waals surface area contributed by atoms with Gasteiger partial charge in [0.05, 0.1) is 24.2 Å². The first-order valence-electron chi connectivity index (χ1n) is 9.93. The molecule has 4 nitrogen and oxygen atoms in total. The van der Waals surface area contributed by atoms with Crippen LogP contribution in [-0.2, 0) is 6.42 Å². The Morgan fingerprint density at radius 2 is 1.69 bits per heavy atom. The molecule has 2 rings (SSSR count). The van der Waals surface area contributed by atoms with Crippen molar-refractivity contribution in [1.82, 2.24) is 4.98 Å². The summed E-state index contributed by atoms with van der Waals surface area (Å²) in [6.45, 7) is 10.2. The zero-order valence-corrected chi connectivity index (χ0v) is 17.7. The molecule has 160 valence electrons. The van der Waals surface area contributed by atoms with Crippen LogP contribution in [0.15, 0.2) is 24.3 Å². The molecule has 0 saturated carbocycles. The molecule has 0 aliphatic heterocycles. The van der Waals surface area contributed by atoms with E-state index < -0.39 is 6.36 Å². The molecule has 29 heavy (non-hydrogen) atoms. The van der Waals surface area contributed by atoms with Crippen molar-refractivity contribution in [2.75, 3.05) is 25.1 Å². The predicted molar refractivity (Wildman–Crippen MR) is 110 cm³/mol. The molecular formula is C22H29F3N2O2. The van der Waals surface area contributed by atoms with Gasteiger partial charge in [0.25, 0.3) is 0 Å². The third-order valence-corrected chi connectivity index (χ3v) is 4.59. The number of ether oxygens (including phenoxy) is 2. The van der Waals surface area contributed by atoms with Crippen molar-refractivity contribution >= 4 is 5.69 Å². The van der Waals surface area contributed by atoms with Crippen LogP contribution in [0.2, 0.25) is 0 Å². The van der Waals surface area contributed by atoms with E-state index in [1.54, 1.807) is 6.07 Å². The van der Waals surface area contributed by atoms with E-state index in [1.165, 1.54) is 19.2 Å². The lowest BCUT2D eigenvalue weighted by atomic mass is 10.0. The number of aromatic nitrogens is 1. The van der Waals surface area contributed by atoms with Crippen molar-refractivity contribution in [3.63, 3.8) is 0 Å². The Kier molecular flexibility index (Phi) is 7.76. The highest BCUT2D eigenvalue weighted by Crippen LogP contribution is 2.37. The van der Waals surface area contributed by atoms with Gasteiger partial charge in [0, 0.05) is 24.7 Å². The predicted octanol–water partition coefficient (Wildman–Crippen LogP) is 6.15. The summed E-state index contributed by atoms with van der Waals surface area (Å²) >= 11 is 0. The number of aryl methyl sites for hydroxylation is 2. The number of pyridine rings is 1. The molecule has 0 unspecified atom stereocenters. The van der Waals surface area contributed by atoms with E-state index in [0.29, 0.717) is 11.3 Å². The van der Waals surface area contributed by atoms with Gasteiger partial charge in [0.2, 0.25) is 0 Å². The van der Waals surface area contributed by atoms with Crippen LogP contribution in [0.3, 0.4) is 0 Å². The van der Waals surface area contributed by atoms with Gasteiger partial charge in [-0.05, 0) is 49.9 Å². The summed E-state index contributed by atoms with van der Waals surface area (Å²) in [5.74, 6) is -0.0312. The summed E-state index contributed by atoms with van der Waals surface area (Å²) in [6.07, 6.45) is -1.92. The van der Waals surface area contributed by atoms with Gasteiger partial charge in [-0.2, -0.15) is 0 Å². The van der Waals surface area contributed by atoms with E-state index in [-0.39, 0.29) is 11.5 Å². The minimum Gasteiger partial charge on any atom is -0.496 e. The first-order chi connectivity index (χ1) is 13.7. The molecule has 0 spiro atoms. The van der Waals surface area contributed by atoms with Gasteiger partial charge >= 0.3 is 6.36 Å². The molecule has 0 aliphatic carbocycles. The fourth-order valence-electron chi connectivity index (χ4n) is 3.40. The van der Waals surface area contributed by atoms with E-state index >= 15 is 0 Å². The number of nitrogens with zero attached hydrogens (tertiary/aromatic N) is 2. The molecule has 0 fully saturated rings. The summed E-state index contributed by atoms with van der Waals surface area (Å²) in [5.41, 5.74) is 4.36. The smallest absolute Gasteiger partial charge is 0.496 e. The third-order valence-electron chi connectivity index (χ3n) is 4.59. The van der Waals surface area contributed by atoms with Gasteiger partial charge in [-0.3, -0.25) is 4.98 Å². The molecular weight excluding hydrogens is 381 g/mol. The van der Waals surface area contributed by atoms with Crippen molar-refractivity contribution < 1.29 is 22.6 Å². The zero-order chi connectivity index (χ0) is 21.6. The number of benzene rings is 1. The number of anilines is 1. The number of hydrogen-bond donors (Lipinski definition) is 0. The Balaban J connectivity index is 2.52. The fraction of sp³-hybridized carbons (Fsp3) is 0.500. The minimum absolute atomic E-state index is 0.288. The normalized spacial score (nSPS) is 11.4. The quantitative estimate of drug-likeness (QED) is 0.496. The second-order valence-corrected chi connectivity index (χ2v) is 6.87. The first-order valence-corrected chi connectivity index (χ1v) is 9.93. The second-order valence-electron chi connectivity index (χ2n) is 6.87. The van der Waals surface area contributed by atoms with Gasteiger partial charge in [0.1, 0.15) is 11.5 Å². The maximum Gasteiger partial charge on any atom is 0.573 e. The highest BCUT2D eigenvalue weighted by molar-refractivity contribution is 5.73. The highest BCUT2D eigenvalue weighted by atomic mass is 19.4. The van der Waals surface area contributed by atoms with Crippen molar-refractivity contribution in [3.8, 4) is 22.8 Å². The van der Waals surface area contributed by atoms with E-state index in [9.17, 15) is 13.2 Å². The third kappa shape index (κ3) is 5.78. The van der Waals surface area contributed by atoms with Gasteiger partial charge in [-0.1, -0.05) is 20.8 Å². The average Bonchev–Trinajstić information content (AvgIpc) is 2.66. The molecule has 7 heteroatoms. The van der Waals surface area contributed by atoms with Crippen LogP contribution in [0.4, 0.5) is 18.9 Å². The zero-order valence-electron chi connectivity index (χ0n) is 17.7. The summed E-state index contributed by atoms with van der Waals surface area (Å²) in [4.78, 5) is 7.22. The Morgan fingerprint density at radius 1 is 1.03 bits per heavy atom. The molecule has 0 radical (unpaired) electrons. The van der Waals surface area contributed by atoms with Gasteiger partial charge in [-0.25, -0.2) is 0 Å². The monoisotopic (exact) mass is 410 g/mol. The molecule has 1 heterocycles. The molecule has 0 atom stereocenters. The molecule has 0 N–H and O–H groups in total. The first kappa shape index (κ1) is 22.8. The maximum atomic E-state index is 12.5. The molecule has 1 aromatic carbocycles. The SMILES string of the molecule is CCCN(CCC)c1cc(C)c(-c2ccc(OC(F)(F)F)cc2OC)nc1CC. The second kappa shape index (κ2) is 9.85. The lowest BCUT2D eigenvalue weighted by molar-refractivity contribution is -0.274. The Bertz CT molecular complexity index is 816. The summed E-state index contributed by atoms with van der Waals surface area (Å²) in [5, 5.41) is 0. The van der Waals surface area contributed by atoms with Crippen LogP contribution in [0, 0.1) is 6.92 Å². The van der Waals surface area contributed by atoms with Gasteiger partial charge in [0.15, 0.2) is 0 Å². The fourth-order valence-corrected chi connectivity index (χ4v) is 3.40. The lowest BCUT2D eigenvalue weighted by Gasteiger charge is -2.27. The van der Waals surface area contributed by atoms with Crippen molar-refractivity contribution in [2.24, 2.45) is 0 Å². The molecule has 0 amide bonds. The van der Waals surface area contributed by atoms with Crippen molar-refractivity contribution in [2.45, 2.75) is 53.3 Å². The molecule has 0 aliphatic rings. The topological polar surface area (TPSA) is 34.6 Å². The number of methoxy groups -OCH3 is 1. The molecule has 0 saturated heterocycles. The Labute approximate surface area is 170 Å². The molecule has 0 bridgehead atoms. The summed E-state index contributed by atoms with van der Waals surface area (Å²) < 4.78 is 46.9. The summed E-state index contributed by atoms with van der Waals surface area (Å²) in [7, 11) is 1.42. The van der Waals surface area contributed by atoms with Gasteiger partial charge in [-0.15, -0.1) is 13.2 Å². The average molecular weight is 410 g/mol. The van der Waals surface area contributed by atoms with Crippen LogP contribution in [0.5, 0.6) is 11.5 Å².